The molecule has 1 aliphatic rings. The third kappa shape index (κ3) is 4.78. The normalized spacial score (nSPS) is 18.5. The summed E-state index contributed by atoms with van der Waals surface area (Å²) in [4.78, 5) is 4.75. The first-order chi connectivity index (χ1) is 15.7. The number of para-hydroxylation sites is 1. The van der Waals surface area contributed by atoms with Crippen molar-refractivity contribution in [3.8, 4) is 11.5 Å². The molecule has 5 heteroatoms. The predicted molar refractivity (Wildman–Crippen MR) is 149 cm³/mol. The Morgan fingerprint density at radius 1 is 0.912 bits per heavy atom. The Bertz CT molecular complexity index is 1100. The first-order valence-electron chi connectivity index (χ1n) is 12.7. The summed E-state index contributed by atoms with van der Waals surface area (Å²) in [5.74, 6) is 3.71. The Hall–Kier alpha value is -1.87. The zero-order chi connectivity index (χ0) is 25.5. The highest BCUT2D eigenvalue weighted by atomic mass is 28.3. The zero-order valence-corrected chi connectivity index (χ0v) is 24.0. The maximum atomic E-state index is 6.43. The van der Waals surface area contributed by atoms with Crippen LogP contribution in [-0.2, 0) is 9.31 Å². The average Bonchev–Trinajstić information content (AvgIpc) is 2.96. The van der Waals surface area contributed by atoms with Crippen LogP contribution in [0.2, 0.25) is 16.6 Å². The van der Waals surface area contributed by atoms with Gasteiger partial charge in [-0.3, -0.25) is 4.98 Å². The van der Waals surface area contributed by atoms with E-state index < -0.39 is 26.4 Å². The van der Waals surface area contributed by atoms with Crippen LogP contribution < -0.4 is 0 Å². The maximum absolute atomic E-state index is 6.43. The molecule has 1 fully saturated rings. The number of hydrogen-bond acceptors (Lipinski definition) is 3. The fraction of sp³-hybridized carbons (Fsp3) is 0.552. The smallest absolute Gasteiger partial charge is 0.400 e. The molecule has 0 N–H and O–H groups in total. The second kappa shape index (κ2) is 9.65. The van der Waals surface area contributed by atoms with Crippen LogP contribution in [0.1, 0.15) is 81.7 Å². The van der Waals surface area contributed by atoms with Crippen molar-refractivity contribution >= 4 is 31.7 Å². The van der Waals surface area contributed by atoms with Crippen LogP contribution in [0.3, 0.4) is 0 Å². The molecule has 0 bridgehead atoms. The van der Waals surface area contributed by atoms with Gasteiger partial charge in [-0.25, -0.2) is 0 Å². The van der Waals surface area contributed by atoms with E-state index in [2.05, 4.69) is 106 Å². The first-order valence-corrected chi connectivity index (χ1v) is 14.9. The minimum Gasteiger partial charge on any atom is -0.400 e. The van der Waals surface area contributed by atoms with E-state index in [0.717, 1.165) is 27.5 Å². The van der Waals surface area contributed by atoms with Crippen molar-refractivity contribution < 1.29 is 9.31 Å². The standard InChI is InChI=1S/C29H42BNO2Si/c1-20(2)34(21(3)4,22(5)6)17-16-26(23(7)30-32-28(8,9)29(10,11)33-30)25-18-24-14-12-13-15-27(24)31-19-25/h12-15,18-22H,1-11H3/b26-23+. The van der Waals surface area contributed by atoms with E-state index in [0.29, 0.717) is 16.6 Å². The lowest BCUT2D eigenvalue weighted by molar-refractivity contribution is 0.00578. The van der Waals surface area contributed by atoms with E-state index in [4.69, 9.17) is 14.3 Å². The van der Waals surface area contributed by atoms with Gasteiger partial charge < -0.3 is 9.31 Å². The van der Waals surface area contributed by atoms with Gasteiger partial charge in [-0.1, -0.05) is 65.7 Å². The van der Waals surface area contributed by atoms with Gasteiger partial charge in [0.2, 0.25) is 0 Å². The van der Waals surface area contributed by atoms with Crippen molar-refractivity contribution in [2.24, 2.45) is 0 Å². The van der Waals surface area contributed by atoms with Gasteiger partial charge in [0.15, 0.2) is 0 Å². The molecule has 3 nitrogen and oxygen atoms in total. The highest BCUT2D eigenvalue weighted by Crippen LogP contribution is 2.42. The summed E-state index contributed by atoms with van der Waals surface area (Å²) in [5, 5.41) is 1.11. The molecule has 34 heavy (non-hydrogen) atoms. The van der Waals surface area contributed by atoms with E-state index in [9.17, 15) is 0 Å². The summed E-state index contributed by atoms with van der Waals surface area (Å²) < 4.78 is 12.9. The molecule has 0 amide bonds. The van der Waals surface area contributed by atoms with Crippen LogP contribution in [0, 0.1) is 11.5 Å². The van der Waals surface area contributed by atoms with Crippen molar-refractivity contribution in [2.75, 3.05) is 0 Å². The van der Waals surface area contributed by atoms with Gasteiger partial charge in [-0.05, 0) is 68.8 Å². The van der Waals surface area contributed by atoms with Crippen LogP contribution in [0.4, 0.5) is 0 Å². The van der Waals surface area contributed by atoms with E-state index in [1.165, 1.54) is 0 Å². The highest BCUT2D eigenvalue weighted by Gasteiger charge is 2.52. The number of pyridine rings is 1. The molecule has 1 saturated heterocycles. The molecular weight excluding hydrogens is 433 g/mol. The lowest BCUT2D eigenvalue weighted by Crippen LogP contribution is -2.43. The van der Waals surface area contributed by atoms with Crippen molar-refractivity contribution in [1.82, 2.24) is 4.98 Å². The van der Waals surface area contributed by atoms with Crippen molar-refractivity contribution in [1.29, 1.82) is 0 Å². The van der Waals surface area contributed by atoms with Crippen molar-refractivity contribution in [3.63, 3.8) is 0 Å². The average molecular weight is 476 g/mol. The highest BCUT2D eigenvalue weighted by molar-refractivity contribution is 6.90. The molecule has 0 aliphatic carbocycles. The van der Waals surface area contributed by atoms with Gasteiger partial charge in [-0.15, -0.1) is 5.54 Å². The zero-order valence-electron chi connectivity index (χ0n) is 23.0. The fourth-order valence-electron chi connectivity index (χ4n) is 5.35. The molecule has 0 atom stereocenters. The van der Waals surface area contributed by atoms with Gasteiger partial charge >= 0.3 is 7.12 Å². The molecule has 1 aromatic carbocycles. The molecule has 0 radical (unpaired) electrons. The monoisotopic (exact) mass is 475 g/mol. The lowest BCUT2D eigenvalue weighted by atomic mass is 9.75. The van der Waals surface area contributed by atoms with Gasteiger partial charge in [0.05, 0.1) is 16.7 Å². The summed E-state index contributed by atoms with van der Waals surface area (Å²) in [5.41, 5.74) is 8.82. The molecule has 3 rings (SSSR count). The van der Waals surface area contributed by atoms with Crippen molar-refractivity contribution in [2.45, 2.75) is 104 Å². The van der Waals surface area contributed by atoms with Crippen LogP contribution >= 0.6 is 0 Å². The molecule has 0 spiro atoms. The maximum Gasteiger partial charge on any atom is 0.491 e. The largest absolute Gasteiger partial charge is 0.491 e. The summed E-state index contributed by atoms with van der Waals surface area (Å²) in [6.07, 6.45) is 1.95. The van der Waals surface area contributed by atoms with E-state index in [1.807, 2.05) is 18.3 Å². The third-order valence-corrected chi connectivity index (χ3v) is 14.4. The quantitative estimate of drug-likeness (QED) is 0.326. The number of nitrogens with zero attached hydrogens (tertiary/aromatic N) is 1. The van der Waals surface area contributed by atoms with Crippen molar-refractivity contribution in [3.05, 3.63) is 47.6 Å². The fourth-order valence-corrected chi connectivity index (χ4v) is 10.6. The topological polar surface area (TPSA) is 31.4 Å². The molecule has 2 heterocycles. The molecular formula is C29H42BNO2Si. The number of fused-ring (bicyclic) bond motifs is 1. The molecule has 1 aliphatic heterocycles. The predicted octanol–water partition coefficient (Wildman–Crippen LogP) is 7.86. The molecule has 182 valence electrons. The van der Waals surface area contributed by atoms with Gasteiger partial charge in [0.1, 0.15) is 8.07 Å². The number of rotatable bonds is 5. The van der Waals surface area contributed by atoms with Gasteiger partial charge in [-0.2, -0.15) is 0 Å². The Balaban J connectivity index is 2.23. The van der Waals surface area contributed by atoms with Gasteiger partial charge in [0.25, 0.3) is 0 Å². The van der Waals surface area contributed by atoms with Crippen LogP contribution in [0.15, 0.2) is 42.0 Å². The van der Waals surface area contributed by atoms with E-state index in [-0.39, 0.29) is 0 Å². The van der Waals surface area contributed by atoms with Crippen LogP contribution in [0.25, 0.3) is 16.5 Å². The second-order valence-corrected chi connectivity index (χ2v) is 17.3. The molecule has 1 aromatic heterocycles. The van der Waals surface area contributed by atoms with Gasteiger partial charge in [0, 0.05) is 22.7 Å². The molecule has 0 unspecified atom stereocenters. The Morgan fingerprint density at radius 2 is 1.44 bits per heavy atom. The SMILES string of the molecule is C/C(B1OC(C)(C)C(C)(C)O1)=C(/C#C[Si](C(C)C)(C(C)C)C(C)C)c1cnc2ccccc2c1. The Labute approximate surface area is 208 Å². The summed E-state index contributed by atoms with van der Waals surface area (Å²) in [6, 6.07) is 10.4. The molecule has 0 saturated carbocycles. The minimum absolute atomic E-state index is 0.397. The van der Waals surface area contributed by atoms with E-state index in [1.54, 1.807) is 0 Å². The Kier molecular flexibility index (Phi) is 7.58. The lowest BCUT2D eigenvalue weighted by Gasteiger charge is -2.38. The van der Waals surface area contributed by atoms with Crippen LogP contribution in [-0.4, -0.2) is 31.4 Å². The second-order valence-electron chi connectivity index (χ2n) is 11.7. The number of benzene rings is 1. The third-order valence-electron chi connectivity index (χ3n) is 8.15. The number of aromatic nitrogens is 1. The number of hydrogen-bond donors (Lipinski definition) is 0. The molecule has 2 aromatic rings. The summed E-state index contributed by atoms with van der Waals surface area (Å²) in [7, 11) is -2.35. The summed E-state index contributed by atoms with van der Waals surface area (Å²) >= 11 is 0. The summed E-state index contributed by atoms with van der Waals surface area (Å²) in [6.45, 7) is 24.6. The first kappa shape index (κ1) is 26.7. The Morgan fingerprint density at radius 3 is 1.97 bits per heavy atom. The van der Waals surface area contributed by atoms with Crippen LogP contribution in [0.5, 0.6) is 0 Å². The number of allylic oxidation sites excluding steroid dienone is 2. The van der Waals surface area contributed by atoms with E-state index >= 15 is 0 Å². The minimum atomic E-state index is -1.92.